The number of piperazine rings is 1. The highest BCUT2D eigenvalue weighted by molar-refractivity contribution is 6.32. The van der Waals surface area contributed by atoms with Crippen LogP contribution in [0.4, 0.5) is 11.6 Å². The number of carbonyl (C=O) groups is 2. The minimum atomic E-state index is -0.418. The van der Waals surface area contributed by atoms with Gasteiger partial charge >= 0.3 is 0 Å². The highest BCUT2D eigenvalue weighted by Gasteiger charge is 2.35. The first-order valence-electron chi connectivity index (χ1n) is 12.0. The van der Waals surface area contributed by atoms with E-state index >= 15 is 0 Å². The number of nitrogen functional groups attached to an aromatic ring is 1. The highest BCUT2D eigenvalue weighted by atomic mass is 35.5. The quantitative estimate of drug-likeness (QED) is 0.623. The molecule has 0 aliphatic carbocycles. The maximum absolute atomic E-state index is 12.8. The summed E-state index contributed by atoms with van der Waals surface area (Å²) in [6.07, 6.45) is 5.97. The maximum Gasteiger partial charge on any atom is 0.274 e. The molecule has 2 aliphatic heterocycles. The number of aryl methyl sites for hydroxylation is 1. The van der Waals surface area contributed by atoms with Gasteiger partial charge in [-0.25, -0.2) is 15.0 Å². The third-order valence-electron chi connectivity index (χ3n) is 6.83. The first-order chi connectivity index (χ1) is 16.8. The number of nitrogens with one attached hydrogen (secondary N) is 1. The van der Waals surface area contributed by atoms with Crippen LogP contribution >= 0.6 is 11.6 Å². The fourth-order valence-corrected chi connectivity index (χ4v) is 5.12. The third-order valence-corrected chi connectivity index (χ3v) is 7.08. The number of nitrogens with two attached hydrogens (primary N) is 1. The van der Waals surface area contributed by atoms with E-state index in [1.54, 1.807) is 12.4 Å². The van der Waals surface area contributed by atoms with Crippen molar-refractivity contribution in [1.29, 1.82) is 0 Å². The summed E-state index contributed by atoms with van der Waals surface area (Å²) in [7, 11) is 1.51. The number of hydrogen-bond donors (Lipinski definition) is 2. The van der Waals surface area contributed by atoms with E-state index in [1.807, 2.05) is 11.8 Å². The standard InChI is InChI=1S/C23H32ClN9O2/c1-4-15-13-32(21-19(24)29-18(20(25)30-21)22(34)26-3)9-10-33(15)16-5-7-31(8-6-16)23(35)17-12-27-14(2)11-28-17/h11-12,15-16H,4-10,13H2,1-3H3,(H2,25,30)(H,26,34)/t15-/m0/s1. The number of carbonyl (C=O) groups excluding carboxylic acids is 2. The lowest BCUT2D eigenvalue weighted by Crippen LogP contribution is -2.58. The largest absolute Gasteiger partial charge is 0.382 e. The molecule has 11 nitrogen and oxygen atoms in total. The van der Waals surface area contributed by atoms with Gasteiger partial charge in [0.25, 0.3) is 11.8 Å². The molecule has 2 aromatic rings. The van der Waals surface area contributed by atoms with Crippen LogP contribution in [0.15, 0.2) is 12.4 Å². The molecule has 0 spiro atoms. The Labute approximate surface area is 210 Å². The molecule has 0 bridgehead atoms. The average Bonchev–Trinajstić information content (AvgIpc) is 2.89. The summed E-state index contributed by atoms with van der Waals surface area (Å²) in [6.45, 7) is 7.73. The maximum atomic E-state index is 12.8. The van der Waals surface area contributed by atoms with Crippen LogP contribution < -0.4 is 16.0 Å². The van der Waals surface area contributed by atoms with Crippen LogP contribution in [0.3, 0.4) is 0 Å². The molecule has 35 heavy (non-hydrogen) atoms. The summed E-state index contributed by atoms with van der Waals surface area (Å²) in [5.74, 6) is 0.0989. The fraction of sp³-hybridized carbons (Fsp3) is 0.565. The van der Waals surface area contributed by atoms with Crippen LogP contribution in [0.25, 0.3) is 0 Å². The summed E-state index contributed by atoms with van der Waals surface area (Å²) < 4.78 is 0. The van der Waals surface area contributed by atoms with Crippen molar-refractivity contribution in [2.75, 3.05) is 50.4 Å². The van der Waals surface area contributed by atoms with Gasteiger partial charge < -0.3 is 20.9 Å². The first kappa shape index (κ1) is 25.1. The molecule has 1 atom stereocenters. The van der Waals surface area contributed by atoms with Gasteiger partial charge in [0.15, 0.2) is 22.5 Å². The lowest BCUT2D eigenvalue weighted by Gasteiger charge is -2.47. The molecule has 4 heterocycles. The van der Waals surface area contributed by atoms with Crippen molar-refractivity contribution in [2.24, 2.45) is 0 Å². The van der Waals surface area contributed by atoms with Crippen LogP contribution in [0, 0.1) is 6.92 Å². The Morgan fingerprint density at radius 2 is 1.89 bits per heavy atom. The van der Waals surface area contributed by atoms with Gasteiger partial charge in [-0.2, -0.15) is 0 Å². The number of likely N-dealkylation sites (tertiary alicyclic amines) is 1. The lowest BCUT2D eigenvalue weighted by atomic mass is 9.98. The summed E-state index contributed by atoms with van der Waals surface area (Å²) in [4.78, 5) is 48.3. The molecular weight excluding hydrogens is 470 g/mol. The zero-order valence-electron chi connectivity index (χ0n) is 20.4. The number of anilines is 2. The molecule has 188 valence electrons. The van der Waals surface area contributed by atoms with E-state index in [-0.39, 0.29) is 22.6 Å². The number of amides is 2. The van der Waals surface area contributed by atoms with Crippen LogP contribution in [-0.4, -0.2) is 93.4 Å². The molecule has 4 rings (SSSR count). The van der Waals surface area contributed by atoms with Gasteiger partial charge in [0.1, 0.15) is 5.69 Å². The van der Waals surface area contributed by atoms with Gasteiger partial charge in [-0.05, 0) is 26.2 Å². The van der Waals surface area contributed by atoms with Crippen LogP contribution in [-0.2, 0) is 0 Å². The van der Waals surface area contributed by atoms with Crippen molar-refractivity contribution in [2.45, 2.75) is 45.2 Å². The zero-order valence-corrected chi connectivity index (χ0v) is 21.1. The number of hydrogen-bond acceptors (Lipinski definition) is 9. The second-order valence-corrected chi connectivity index (χ2v) is 9.32. The Hall–Kier alpha value is -3.05. The van der Waals surface area contributed by atoms with E-state index in [1.165, 1.54) is 7.05 Å². The van der Waals surface area contributed by atoms with Crippen LogP contribution in [0.5, 0.6) is 0 Å². The molecular formula is C23H32ClN9O2. The first-order valence-corrected chi connectivity index (χ1v) is 12.3. The Bertz CT molecular complexity index is 1070. The Balaban J connectivity index is 1.39. The van der Waals surface area contributed by atoms with E-state index in [0.29, 0.717) is 36.7 Å². The minimum absolute atomic E-state index is 0.0323. The van der Waals surface area contributed by atoms with E-state index in [9.17, 15) is 9.59 Å². The van der Waals surface area contributed by atoms with E-state index in [0.717, 1.165) is 44.6 Å². The predicted molar refractivity (Wildman–Crippen MR) is 134 cm³/mol. The summed E-state index contributed by atoms with van der Waals surface area (Å²) in [5, 5.41) is 2.67. The molecule has 2 aliphatic rings. The number of halogens is 1. The van der Waals surface area contributed by atoms with Crippen molar-refractivity contribution in [3.8, 4) is 0 Å². The van der Waals surface area contributed by atoms with E-state index in [4.69, 9.17) is 17.3 Å². The topological polar surface area (TPSA) is 133 Å². The SMILES string of the molecule is CC[C@H]1CN(c2nc(N)c(C(=O)NC)nc2Cl)CCN1C1CCN(C(=O)c2cnc(C)cn2)CC1. The Morgan fingerprint density at radius 3 is 2.51 bits per heavy atom. The molecule has 0 saturated carbocycles. The zero-order chi connectivity index (χ0) is 25.1. The summed E-state index contributed by atoms with van der Waals surface area (Å²) >= 11 is 6.41. The highest BCUT2D eigenvalue weighted by Crippen LogP contribution is 2.29. The second kappa shape index (κ2) is 10.7. The molecule has 0 aromatic carbocycles. The van der Waals surface area contributed by atoms with Gasteiger partial charge in [0.05, 0.1) is 11.9 Å². The van der Waals surface area contributed by atoms with Gasteiger partial charge in [0.2, 0.25) is 0 Å². The second-order valence-electron chi connectivity index (χ2n) is 8.96. The number of aromatic nitrogens is 4. The van der Waals surface area contributed by atoms with Crippen LogP contribution in [0.1, 0.15) is 52.9 Å². The monoisotopic (exact) mass is 501 g/mol. The lowest BCUT2D eigenvalue weighted by molar-refractivity contribution is 0.0486. The van der Waals surface area contributed by atoms with Gasteiger partial charge in [-0.3, -0.25) is 19.5 Å². The average molecular weight is 502 g/mol. The molecule has 2 aromatic heterocycles. The van der Waals surface area contributed by atoms with Crippen molar-refractivity contribution < 1.29 is 9.59 Å². The van der Waals surface area contributed by atoms with Crippen LogP contribution in [0.2, 0.25) is 5.15 Å². The molecule has 2 saturated heterocycles. The smallest absolute Gasteiger partial charge is 0.274 e. The molecule has 0 radical (unpaired) electrons. The number of nitrogens with zero attached hydrogens (tertiary/aromatic N) is 7. The predicted octanol–water partition coefficient (Wildman–Crippen LogP) is 1.38. The Kier molecular flexibility index (Phi) is 7.66. The fourth-order valence-electron chi connectivity index (χ4n) is 4.88. The van der Waals surface area contributed by atoms with Crippen molar-refractivity contribution in [1.82, 2.24) is 35.1 Å². The summed E-state index contributed by atoms with van der Waals surface area (Å²) in [6, 6.07) is 0.703. The Morgan fingerprint density at radius 1 is 1.14 bits per heavy atom. The molecule has 2 fully saturated rings. The normalized spacial score (nSPS) is 19.6. The molecule has 0 unspecified atom stereocenters. The van der Waals surface area contributed by atoms with E-state index in [2.05, 4.69) is 42.0 Å². The van der Waals surface area contributed by atoms with E-state index < -0.39 is 5.91 Å². The molecule has 12 heteroatoms. The van der Waals surface area contributed by atoms with Gasteiger partial charge in [-0.1, -0.05) is 18.5 Å². The van der Waals surface area contributed by atoms with Gasteiger partial charge in [0, 0.05) is 58.1 Å². The number of piperidine rings is 1. The summed E-state index contributed by atoms with van der Waals surface area (Å²) in [5.41, 5.74) is 7.22. The van der Waals surface area contributed by atoms with Crippen molar-refractivity contribution in [3.63, 3.8) is 0 Å². The molecule has 2 amide bonds. The van der Waals surface area contributed by atoms with Crippen molar-refractivity contribution in [3.05, 3.63) is 34.6 Å². The van der Waals surface area contributed by atoms with Gasteiger partial charge in [-0.15, -0.1) is 0 Å². The minimum Gasteiger partial charge on any atom is -0.382 e. The van der Waals surface area contributed by atoms with Crippen molar-refractivity contribution >= 4 is 35.1 Å². The third kappa shape index (κ3) is 5.30. The molecule has 3 N–H and O–H groups in total. The number of rotatable bonds is 5.